The van der Waals surface area contributed by atoms with E-state index < -0.39 is 10.8 Å². The van der Waals surface area contributed by atoms with E-state index in [2.05, 4.69) is 27.2 Å². The van der Waals surface area contributed by atoms with Crippen LogP contribution >= 0.6 is 11.6 Å². The Hall–Kier alpha value is -4.56. The van der Waals surface area contributed by atoms with Crippen molar-refractivity contribution in [2.45, 2.75) is 0 Å². The van der Waals surface area contributed by atoms with E-state index in [1.807, 2.05) is 6.07 Å². The molecule has 3 rings (SSSR count). The highest BCUT2D eigenvalue weighted by molar-refractivity contribution is 6.33. The highest BCUT2D eigenvalue weighted by Gasteiger charge is 2.13. The number of carbonyl (C=O) groups excluding carboxylic acids is 1. The van der Waals surface area contributed by atoms with Gasteiger partial charge < -0.3 is 10.4 Å². The molecule has 31 heavy (non-hydrogen) atoms. The van der Waals surface area contributed by atoms with Gasteiger partial charge in [0.15, 0.2) is 5.75 Å². The Morgan fingerprint density at radius 3 is 2.68 bits per heavy atom. The van der Waals surface area contributed by atoms with Crippen LogP contribution in [0.5, 0.6) is 5.75 Å². The number of phenols is 1. The second-order valence-corrected chi connectivity index (χ2v) is 6.32. The topological polar surface area (TPSA) is 159 Å². The van der Waals surface area contributed by atoms with E-state index in [1.165, 1.54) is 47.3 Å². The van der Waals surface area contributed by atoms with E-state index in [9.17, 15) is 25.3 Å². The average molecular weight is 438 g/mol. The van der Waals surface area contributed by atoms with Crippen molar-refractivity contribution in [3.8, 4) is 17.5 Å². The van der Waals surface area contributed by atoms with Crippen molar-refractivity contribution in [2.24, 2.45) is 10.2 Å². The van der Waals surface area contributed by atoms with Crippen molar-refractivity contribution in [1.82, 2.24) is 9.78 Å². The molecule has 0 fully saturated rings. The van der Waals surface area contributed by atoms with Crippen molar-refractivity contribution >= 4 is 40.4 Å². The Labute approximate surface area is 179 Å². The fourth-order valence-corrected chi connectivity index (χ4v) is 2.62. The largest absolute Gasteiger partial charge is 0.504 e. The molecule has 154 valence electrons. The summed E-state index contributed by atoms with van der Waals surface area (Å²) in [5, 5.41) is 44.5. The molecule has 0 aliphatic heterocycles. The lowest BCUT2D eigenvalue weighted by atomic mass is 10.2. The minimum atomic E-state index is -0.561. The van der Waals surface area contributed by atoms with Crippen LogP contribution in [0.4, 0.5) is 22.9 Å². The quantitative estimate of drug-likeness (QED) is 0.189. The van der Waals surface area contributed by atoms with Gasteiger partial charge in [-0.1, -0.05) is 18.2 Å². The summed E-state index contributed by atoms with van der Waals surface area (Å²) < 4.78 is 1.33. The normalized spacial score (nSPS) is 10.6. The molecular formula is C19H12ClN7O4. The number of nitrogens with one attached hydrogen (secondary N) is 1. The molecule has 12 heteroatoms. The maximum atomic E-state index is 11.5. The molecule has 0 spiro atoms. The van der Waals surface area contributed by atoms with Crippen LogP contribution in [-0.2, 0) is 4.79 Å². The summed E-state index contributed by atoms with van der Waals surface area (Å²) in [4.78, 5) is 21.7. The smallest absolute Gasteiger partial charge is 0.269 e. The molecular weight excluding hydrogens is 426 g/mol. The van der Waals surface area contributed by atoms with E-state index in [-0.39, 0.29) is 39.2 Å². The minimum Gasteiger partial charge on any atom is -0.504 e. The van der Waals surface area contributed by atoms with Crippen LogP contribution < -0.4 is 5.32 Å². The zero-order chi connectivity index (χ0) is 22.5. The maximum Gasteiger partial charge on any atom is 0.269 e. The molecule has 2 N–H and O–H groups in total. The number of phenolic OH excluding ortho intramolecular Hbond substituents is 1. The fraction of sp³-hybridized carbons (Fsp3) is 0. The standard InChI is InChI=1S/C19H12ClN7O4/c1-2-17(28)22-16-8-12(7-15(20)18(16)29)23-24-19-11(9-21)10-26(25-19)13-3-5-14(6-4-13)27(30)31/h2-8,10,29H,1H2,(H,22,28). The number of nitro groups is 1. The van der Waals surface area contributed by atoms with Gasteiger partial charge in [0, 0.05) is 12.1 Å². The monoisotopic (exact) mass is 437 g/mol. The molecule has 0 unspecified atom stereocenters. The Bertz CT molecular complexity index is 1260. The number of nitriles is 1. The lowest BCUT2D eigenvalue weighted by Gasteiger charge is -2.07. The van der Waals surface area contributed by atoms with Gasteiger partial charge in [0.1, 0.15) is 11.6 Å². The fourth-order valence-electron chi connectivity index (χ4n) is 2.40. The molecule has 1 amide bonds. The first kappa shape index (κ1) is 21.2. The molecule has 11 nitrogen and oxygen atoms in total. The van der Waals surface area contributed by atoms with Gasteiger partial charge in [-0.05, 0) is 30.3 Å². The number of halogens is 1. The number of nitrogens with zero attached hydrogens (tertiary/aromatic N) is 6. The molecule has 0 radical (unpaired) electrons. The third-order valence-electron chi connectivity index (χ3n) is 3.89. The Balaban J connectivity index is 1.92. The number of hydrogen-bond donors (Lipinski definition) is 2. The van der Waals surface area contributed by atoms with Gasteiger partial charge in [-0.2, -0.15) is 5.26 Å². The van der Waals surface area contributed by atoms with Gasteiger partial charge in [-0.15, -0.1) is 15.3 Å². The van der Waals surface area contributed by atoms with Crippen molar-refractivity contribution in [3.63, 3.8) is 0 Å². The number of non-ortho nitro benzene ring substituents is 1. The van der Waals surface area contributed by atoms with Crippen LogP contribution in [0.15, 0.2) is 65.5 Å². The lowest BCUT2D eigenvalue weighted by Crippen LogP contribution is -2.07. The highest BCUT2D eigenvalue weighted by atomic mass is 35.5. The number of aromatic nitrogens is 2. The first-order valence-corrected chi connectivity index (χ1v) is 8.82. The van der Waals surface area contributed by atoms with Crippen molar-refractivity contribution < 1.29 is 14.8 Å². The number of anilines is 1. The number of hydrogen-bond acceptors (Lipinski definition) is 8. The second kappa shape index (κ2) is 8.85. The summed E-state index contributed by atoms with van der Waals surface area (Å²) in [6, 6.07) is 10.1. The molecule has 3 aromatic rings. The Morgan fingerprint density at radius 2 is 2.06 bits per heavy atom. The number of rotatable bonds is 6. The zero-order valence-electron chi connectivity index (χ0n) is 15.6. The molecule has 2 aromatic carbocycles. The Morgan fingerprint density at radius 1 is 1.35 bits per heavy atom. The van der Waals surface area contributed by atoms with Crippen LogP contribution in [0.1, 0.15) is 5.56 Å². The number of azo groups is 1. The number of amides is 1. The summed E-state index contributed by atoms with van der Waals surface area (Å²) in [6.07, 6.45) is 2.42. The predicted octanol–water partition coefficient (Wildman–Crippen LogP) is 4.55. The maximum absolute atomic E-state index is 11.5. The van der Waals surface area contributed by atoms with E-state index in [0.29, 0.717) is 5.69 Å². The van der Waals surface area contributed by atoms with Crippen LogP contribution in [0.3, 0.4) is 0 Å². The summed E-state index contributed by atoms with van der Waals surface area (Å²) in [5.41, 5.74) is 0.678. The van der Waals surface area contributed by atoms with Gasteiger partial charge in [0.05, 0.1) is 33.2 Å². The third kappa shape index (κ3) is 4.72. The summed E-state index contributed by atoms with van der Waals surface area (Å²) in [6.45, 7) is 3.32. The van der Waals surface area contributed by atoms with Crippen molar-refractivity contribution in [2.75, 3.05) is 5.32 Å². The van der Waals surface area contributed by atoms with Crippen LogP contribution in [0, 0.1) is 21.4 Å². The van der Waals surface area contributed by atoms with E-state index in [4.69, 9.17) is 11.6 Å². The van der Waals surface area contributed by atoms with Gasteiger partial charge >= 0.3 is 0 Å². The lowest BCUT2D eigenvalue weighted by molar-refractivity contribution is -0.384. The van der Waals surface area contributed by atoms with Crippen molar-refractivity contribution in [1.29, 1.82) is 5.26 Å². The van der Waals surface area contributed by atoms with Crippen LogP contribution in [0.2, 0.25) is 5.02 Å². The van der Waals surface area contributed by atoms with E-state index >= 15 is 0 Å². The highest BCUT2D eigenvalue weighted by Crippen LogP contribution is 2.37. The molecule has 1 aromatic heterocycles. The second-order valence-electron chi connectivity index (χ2n) is 5.91. The van der Waals surface area contributed by atoms with E-state index in [0.717, 1.165) is 6.08 Å². The summed E-state index contributed by atoms with van der Waals surface area (Å²) in [7, 11) is 0. The molecule has 0 saturated carbocycles. The molecule has 1 heterocycles. The van der Waals surface area contributed by atoms with Gasteiger partial charge in [-0.3, -0.25) is 14.9 Å². The van der Waals surface area contributed by atoms with Crippen molar-refractivity contribution in [3.05, 3.63) is 76.0 Å². The van der Waals surface area contributed by atoms with Gasteiger partial charge in [0.25, 0.3) is 5.69 Å². The number of aromatic hydroxyl groups is 1. The molecule has 0 aliphatic carbocycles. The summed E-state index contributed by atoms with van der Waals surface area (Å²) >= 11 is 5.96. The third-order valence-corrected chi connectivity index (χ3v) is 4.18. The molecule has 0 bridgehead atoms. The first-order valence-electron chi connectivity index (χ1n) is 8.44. The Kier molecular flexibility index (Phi) is 6.04. The van der Waals surface area contributed by atoms with Gasteiger partial charge in [-0.25, -0.2) is 4.68 Å². The molecule has 0 saturated heterocycles. The van der Waals surface area contributed by atoms with E-state index in [1.54, 1.807) is 0 Å². The summed E-state index contributed by atoms with van der Waals surface area (Å²) in [5.74, 6) is -0.924. The molecule has 0 atom stereocenters. The zero-order valence-corrected chi connectivity index (χ0v) is 16.3. The number of carbonyl (C=O) groups is 1. The predicted molar refractivity (Wildman–Crippen MR) is 111 cm³/mol. The number of nitro benzene ring substituents is 1. The van der Waals surface area contributed by atoms with Gasteiger partial charge in [0.2, 0.25) is 11.7 Å². The number of benzene rings is 2. The molecule has 0 aliphatic rings. The first-order chi connectivity index (χ1) is 14.8. The van der Waals surface area contributed by atoms with Crippen LogP contribution in [0.25, 0.3) is 5.69 Å². The SMILES string of the molecule is C=CC(=O)Nc1cc(N=Nc2nn(-c3ccc([N+](=O)[O-])cc3)cc2C#N)cc(Cl)c1O. The minimum absolute atomic E-state index is 0.00302. The van der Waals surface area contributed by atoms with Crippen LogP contribution in [-0.4, -0.2) is 25.7 Å². The average Bonchev–Trinajstić information content (AvgIpc) is 3.18.